The molecule has 2 N–H and O–H groups in total. The van der Waals surface area contributed by atoms with Gasteiger partial charge in [-0.1, -0.05) is 48.6 Å². The van der Waals surface area contributed by atoms with E-state index in [1.807, 2.05) is 40.3 Å². The second-order valence-electron chi connectivity index (χ2n) is 10.3. The average molecular weight is 525 g/mol. The fourth-order valence-corrected chi connectivity index (χ4v) is 4.69. The summed E-state index contributed by atoms with van der Waals surface area (Å²) in [5, 5.41) is 0. The van der Waals surface area contributed by atoms with Crippen LogP contribution in [-0.4, -0.2) is 48.1 Å². The number of nitrogens with one attached hydrogen (secondary N) is 2. The number of hydrogen-bond acceptors (Lipinski definition) is 4. The normalized spacial score (nSPS) is 11.8. The molecule has 198 valence electrons. The molecule has 6 heteroatoms. The summed E-state index contributed by atoms with van der Waals surface area (Å²) >= 11 is 0. The minimum absolute atomic E-state index is 0.833. The van der Waals surface area contributed by atoms with Gasteiger partial charge in [-0.15, -0.1) is 0 Å². The van der Waals surface area contributed by atoms with E-state index in [0.717, 1.165) is 56.0 Å². The highest BCUT2D eigenvalue weighted by atomic mass is 15.1. The molecule has 6 rings (SSSR count). The molecule has 6 nitrogen and oxygen atoms in total. The van der Waals surface area contributed by atoms with E-state index >= 15 is 0 Å². The van der Waals surface area contributed by atoms with Crippen LogP contribution in [0.4, 0.5) is 11.4 Å². The van der Waals surface area contributed by atoms with Crippen LogP contribution in [0.2, 0.25) is 0 Å². The maximum Gasteiger partial charge on any atom is 0.131 e. The summed E-state index contributed by atoms with van der Waals surface area (Å²) in [4.78, 5) is 20.6. The lowest BCUT2D eigenvalue weighted by molar-refractivity contribution is 1.13. The van der Waals surface area contributed by atoms with E-state index in [1.54, 1.807) is 0 Å². The van der Waals surface area contributed by atoms with Crippen molar-refractivity contribution in [2.45, 2.75) is 0 Å². The maximum atomic E-state index is 4.81. The third-order valence-corrected chi connectivity index (χ3v) is 7.02. The van der Waals surface area contributed by atoms with Crippen molar-refractivity contribution in [2.75, 3.05) is 38.0 Å². The fourth-order valence-electron chi connectivity index (χ4n) is 4.69. The molecule has 0 aliphatic rings. The van der Waals surface area contributed by atoms with Gasteiger partial charge in [0.15, 0.2) is 0 Å². The lowest BCUT2D eigenvalue weighted by atomic mass is 10.0. The molecule has 0 aliphatic heterocycles. The molecular weight excluding hydrogens is 492 g/mol. The zero-order valence-electron chi connectivity index (χ0n) is 23.2. The predicted molar refractivity (Wildman–Crippen MR) is 171 cm³/mol. The van der Waals surface area contributed by atoms with Crippen LogP contribution in [0.3, 0.4) is 0 Å². The van der Waals surface area contributed by atoms with Gasteiger partial charge in [0, 0.05) is 39.6 Å². The SMILES string of the molecule is CN(C)c1ccc(/C=C/c2nc3cc(-c4ccc5nc(/C=C/c6ccc(N(C)C)cc6)[nH]c5c4)ccc3[nH]2)cc1. The maximum absolute atomic E-state index is 4.81. The largest absolute Gasteiger partial charge is 0.378 e. The Morgan fingerprint density at radius 3 is 1.57 bits per heavy atom. The minimum Gasteiger partial charge on any atom is -0.378 e. The van der Waals surface area contributed by atoms with Crippen LogP contribution in [0, 0.1) is 0 Å². The van der Waals surface area contributed by atoms with Gasteiger partial charge in [0.25, 0.3) is 0 Å². The Labute approximate surface area is 234 Å². The first kappa shape index (κ1) is 25.2. The first-order valence-electron chi connectivity index (χ1n) is 13.3. The number of aromatic amines is 2. The zero-order chi connectivity index (χ0) is 27.6. The van der Waals surface area contributed by atoms with Gasteiger partial charge in [0.2, 0.25) is 0 Å². The second-order valence-corrected chi connectivity index (χ2v) is 10.3. The van der Waals surface area contributed by atoms with Gasteiger partial charge in [-0.2, -0.15) is 0 Å². The first-order valence-corrected chi connectivity index (χ1v) is 13.3. The Balaban J connectivity index is 1.20. The molecule has 4 aromatic carbocycles. The molecular formula is C34H32N6. The highest BCUT2D eigenvalue weighted by Gasteiger charge is 2.07. The summed E-state index contributed by atoms with van der Waals surface area (Å²) in [5.41, 5.74) is 10.8. The number of hydrogen-bond donors (Lipinski definition) is 2. The predicted octanol–water partition coefficient (Wildman–Crippen LogP) is 7.58. The van der Waals surface area contributed by atoms with Crippen LogP contribution in [0.5, 0.6) is 0 Å². The van der Waals surface area contributed by atoms with Gasteiger partial charge in [-0.25, -0.2) is 9.97 Å². The standard InChI is InChI=1S/C34H32N6/c1-39(2)27-13-5-23(6-14-27)9-19-33-35-29-17-11-25(21-31(29)37-33)26-12-18-30-32(22-26)38-34(36-30)20-10-24-7-15-28(16-8-24)40(3)4/h5-22H,1-4H3,(H,35,37)(H,36,38)/b19-9+,20-10+. The number of fused-ring (bicyclic) bond motifs is 2. The summed E-state index contributed by atoms with van der Waals surface area (Å²) in [7, 11) is 8.18. The number of imidazole rings is 2. The highest BCUT2D eigenvalue weighted by molar-refractivity contribution is 5.88. The van der Waals surface area contributed by atoms with Gasteiger partial charge in [0.05, 0.1) is 22.1 Å². The van der Waals surface area contributed by atoms with Crippen molar-refractivity contribution < 1.29 is 0 Å². The Morgan fingerprint density at radius 1 is 0.500 bits per heavy atom. The minimum atomic E-state index is 0.833. The number of rotatable bonds is 7. The van der Waals surface area contributed by atoms with E-state index in [4.69, 9.17) is 9.97 Å². The molecule has 2 aromatic heterocycles. The highest BCUT2D eigenvalue weighted by Crippen LogP contribution is 2.27. The van der Waals surface area contributed by atoms with E-state index in [-0.39, 0.29) is 0 Å². The Hall–Kier alpha value is -5.10. The van der Waals surface area contributed by atoms with Crippen molar-refractivity contribution in [2.24, 2.45) is 0 Å². The zero-order valence-corrected chi connectivity index (χ0v) is 23.2. The number of anilines is 2. The van der Waals surface area contributed by atoms with Crippen LogP contribution in [-0.2, 0) is 0 Å². The summed E-state index contributed by atoms with van der Waals surface area (Å²) in [6.07, 6.45) is 8.20. The van der Waals surface area contributed by atoms with Gasteiger partial charge in [-0.05, 0) is 82.9 Å². The number of aromatic nitrogens is 4. The van der Waals surface area contributed by atoms with Crippen molar-refractivity contribution in [1.29, 1.82) is 0 Å². The fraction of sp³-hybridized carbons (Fsp3) is 0.118. The molecule has 40 heavy (non-hydrogen) atoms. The Bertz CT molecular complexity index is 1700. The van der Waals surface area contributed by atoms with E-state index in [1.165, 1.54) is 11.4 Å². The summed E-state index contributed by atoms with van der Waals surface area (Å²) < 4.78 is 0. The van der Waals surface area contributed by atoms with E-state index in [0.29, 0.717) is 0 Å². The lowest BCUT2D eigenvalue weighted by Crippen LogP contribution is -2.07. The molecule has 0 bridgehead atoms. The van der Waals surface area contributed by atoms with Crippen LogP contribution < -0.4 is 9.80 Å². The molecule has 0 unspecified atom stereocenters. The lowest BCUT2D eigenvalue weighted by Gasteiger charge is -2.11. The molecule has 0 atom stereocenters. The van der Waals surface area contributed by atoms with E-state index < -0.39 is 0 Å². The van der Waals surface area contributed by atoms with Gasteiger partial charge >= 0.3 is 0 Å². The summed E-state index contributed by atoms with van der Waals surface area (Å²) in [6, 6.07) is 29.6. The van der Waals surface area contributed by atoms with Crippen LogP contribution in [0.15, 0.2) is 84.9 Å². The first-order chi connectivity index (χ1) is 19.4. The number of benzene rings is 4. The second kappa shape index (κ2) is 10.6. The van der Waals surface area contributed by atoms with Crippen LogP contribution in [0.1, 0.15) is 22.8 Å². The quantitative estimate of drug-likeness (QED) is 0.226. The van der Waals surface area contributed by atoms with Gasteiger partial charge in [0.1, 0.15) is 11.6 Å². The molecule has 6 aromatic rings. The number of H-pyrrole nitrogens is 2. The van der Waals surface area contributed by atoms with Crippen LogP contribution in [0.25, 0.3) is 57.5 Å². The van der Waals surface area contributed by atoms with Crippen molar-refractivity contribution in [3.8, 4) is 11.1 Å². The third kappa shape index (κ3) is 5.38. The monoisotopic (exact) mass is 524 g/mol. The van der Waals surface area contributed by atoms with Gasteiger partial charge in [-0.3, -0.25) is 0 Å². The average Bonchev–Trinajstić information content (AvgIpc) is 3.58. The smallest absolute Gasteiger partial charge is 0.131 e. The van der Waals surface area contributed by atoms with Crippen LogP contribution >= 0.6 is 0 Å². The van der Waals surface area contributed by atoms with Crippen molar-refractivity contribution in [3.05, 3.63) is 108 Å². The van der Waals surface area contributed by atoms with Gasteiger partial charge < -0.3 is 19.8 Å². The molecule has 0 spiro atoms. The summed E-state index contributed by atoms with van der Waals surface area (Å²) in [6.45, 7) is 0. The van der Waals surface area contributed by atoms with E-state index in [9.17, 15) is 0 Å². The topological polar surface area (TPSA) is 63.8 Å². The Morgan fingerprint density at radius 2 is 1.00 bits per heavy atom. The molecule has 0 aliphatic carbocycles. The third-order valence-electron chi connectivity index (χ3n) is 7.02. The van der Waals surface area contributed by atoms with Crippen molar-refractivity contribution >= 4 is 57.7 Å². The van der Waals surface area contributed by atoms with Crippen molar-refractivity contribution in [1.82, 2.24) is 19.9 Å². The van der Waals surface area contributed by atoms with Crippen molar-refractivity contribution in [3.63, 3.8) is 0 Å². The molecule has 0 amide bonds. The number of nitrogens with zero attached hydrogens (tertiary/aromatic N) is 4. The van der Waals surface area contributed by atoms with E-state index in [2.05, 4.69) is 117 Å². The molecule has 0 radical (unpaired) electrons. The Kier molecular flexibility index (Phi) is 6.66. The molecule has 0 saturated heterocycles. The molecule has 0 saturated carbocycles. The summed E-state index contributed by atoms with van der Waals surface area (Å²) in [5.74, 6) is 1.67. The molecule has 2 heterocycles. The molecule has 0 fully saturated rings.